The molecule has 0 bridgehead atoms. The fraction of sp³-hybridized carbons (Fsp3) is 0.533. The number of nitrogens with one attached hydrogen (secondary N) is 1. The van der Waals surface area contributed by atoms with Gasteiger partial charge in [-0.2, -0.15) is 11.8 Å². The quantitative estimate of drug-likeness (QED) is 0.714. The largest absolute Gasteiger partial charge is 0.497 e. The Morgan fingerprint density at radius 1 is 1.32 bits per heavy atom. The Hall–Kier alpha value is -1.11. The van der Waals surface area contributed by atoms with E-state index >= 15 is 0 Å². The first-order valence-electron chi connectivity index (χ1n) is 6.89. The van der Waals surface area contributed by atoms with Crippen molar-refractivity contribution in [1.82, 2.24) is 5.32 Å². The molecule has 0 saturated carbocycles. The lowest BCUT2D eigenvalue weighted by molar-refractivity contribution is -0.122. The second-order valence-electron chi connectivity index (χ2n) is 4.74. The SMILES string of the molecule is COc1ccc(OC(C)CNC(=O)[C@@H](N)CCSC)cc1.Cl. The van der Waals surface area contributed by atoms with Gasteiger partial charge in [-0.05, 0) is 49.6 Å². The van der Waals surface area contributed by atoms with Crippen molar-refractivity contribution in [2.75, 3.05) is 25.7 Å². The number of halogens is 1. The summed E-state index contributed by atoms with van der Waals surface area (Å²) in [5.74, 6) is 2.27. The highest BCUT2D eigenvalue weighted by molar-refractivity contribution is 7.98. The minimum absolute atomic E-state index is 0. The molecule has 22 heavy (non-hydrogen) atoms. The minimum atomic E-state index is -0.453. The molecule has 3 N–H and O–H groups in total. The summed E-state index contributed by atoms with van der Waals surface area (Å²) >= 11 is 1.68. The van der Waals surface area contributed by atoms with Crippen LogP contribution in [-0.2, 0) is 4.79 Å². The maximum Gasteiger partial charge on any atom is 0.237 e. The minimum Gasteiger partial charge on any atom is -0.497 e. The molecule has 1 aromatic rings. The number of carbonyl (C=O) groups is 1. The van der Waals surface area contributed by atoms with Crippen LogP contribution in [0.3, 0.4) is 0 Å². The second-order valence-corrected chi connectivity index (χ2v) is 5.72. The Morgan fingerprint density at radius 2 is 1.91 bits per heavy atom. The summed E-state index contributed by atoms with van der Waals surface area (Å²) in [6.07, 6.45) is 2.55. The zero-order valence-electron chi connectivity index (χ0n) is 13.2. The lowest BCUT2D eigenvalue weighted by Gasteiger charge is -2.17. The molecule has 7 heteroatoms. The average molecular weight is 349 g/mol. The van der Waals surface area contributed by atoms with E-state index in [1.54, 1.807) is 18.9 Å². The fourth-order valence-electron chi connectivity index (χ4n) is 1.68. The van der Waals surface area contributed by atoms with Crippen LogP contribution in [-0.4, -0.2) is 43.7 Å². The molecule has 2 atom stereocenters. The summed E-state index contributed by atoms with van der Waals surface area (Å²) in [5, 5.41) is 2.81. The molecule has 1 amide bonds. The summed E-state index contributed by atoms with van der Waals surface area (Å²) in [5.41, 5.74) is 5.79. The Morgan fingerprint density at radius 3 is 2.45 bits per heavy atom. The second kappa shape index (κ2) is 11.5. The molecular weight excluding hydrogens is 324 g/mol. The molecule has 126 valence electrons. The van der Waals surface area contributed by atoms with Crippen LogP contribution in [0.15, 0.2) is 24.3 Å². The number of hydrogen-bond acceptors (Lipinski definition) is 5. The number of carbonyl (C=O) groups excluding carboxylic acids is 1. The van der Waals surface area contributed by atoms with Crippen molar-refractivity contribution in [3.63, 3.8) is 0 Å². The number of nitrogens with two attached hydrogens (primary N) is 1. The van der Waals surface area contributed by atoms with Crippen molar-refractivity contribution in [2.45, 2.75) is 25.5 Å². The molecule has 0 aromatic heterocycles. The smallest absolute Gasteiger partial charge is 0.237 e. The van der Waals surface area contributed by atoms with E-state index in [4.69, 9.17) is 15.2 Å². The first kappa shape index (κ1) is 20.9. The van der Waals surface area contributed by atoms with Gasteiger partial charge in [0.25, 0.3) is 0 Å². The van der Waals surface area contributed by atoms with E-state index in [2.05, 4.69) is 5.32 Å². The number of rotatable bonds is 9. The molecule has 0 aliphatic heterocycles. The highest BCUT2D eigenvalue weighted by atomic mass is 35.5. The van der Waals surface area contributed by atoms with Gasteiger partial charge in [0, 0.05) is 0 Å². The van der Waals surface area contributed by atoms with Gasteiger partial charge in [0.15, 0.2) is 0 Å². The molecular formula is C15H25ClN2O3S. The van der Waals surface area contributed by atoms with E-state index in [-0.39, 0.29) is 24.4 Å². The van der Waals surface area contributed by atoms with Crippen LogP contribution in [0.4, 0.5) is 0 Å². The predicted molar refractivity (Wildman–Crippen MR) is 94.3 cm³/mol. The fourth-order valence-corrected chi connectivity index (χ4v) is 2.17. The van der Waals surface area contributed by atoms with E-state index in [1.165, 1.54) is 0 Å². The number of thioether (sulfide) groups is 1. The predicted octanol–water partition coefficient (Wildman–Crippen LogP) is 2.08. The summed E-state index contributed by atoms with van der Waals surface area (Å²) in [7, 11) is 1.62. The molecule has 0 spiro atoms. The Balaban J connectivity index is 0.00000441. The number of benzene rings is 1. The van der Waals surface area contributed by atoms with Crippen LogP contribution in [0.25, 0.3) is 0 Å². The third-order valence-electron chi connectivity index (χ3n) is 2.93. The molecule has 1 rings (SSSR count). The van der Waals surface area contributed by atoms with Gasteiger partial charge >= 0.3 is 0 Å². The van der Waals surface area contributed by atoms with Gasteiger partial charge in [0.05, 0.1) is 19.7 Å². The van der Waals surface area contributed by atoms with Crippen LogP contribution >= 0.6 is 24.2 Å². The van der Waals surface area contributed by atoms with Crippen molar-refractivity contribution < 1.29 is 14.3 Å². The van der Waals surface area contributed by atoms with Crippen LogP contribution in [0.2, 0.25) is 0 Å². The maximum absolute atomic E-state index is 11.8. The van der Waals surface area contributed by atoms with E-state index in [0.717, 1.165) is 17.3 Å². The molecule has 1 unspecified atom stereocenters. The van der Waals surface area contributed by atoms with Gasteiger partial charge in [-0.25, -0.2) is 0 Å². The molecule has 0 radical (unpaired) electrons. The molecule has 0 fully saturated rings. The van der Waals surface area contributed by atoms with Crippen molar-refractivity contribution >= 4 is 30.1 Å². The molecule has 0 aliphatic rings. The molecule has 0 heterocycles. The average Bonchev–Trinajstić information content (AvgIpc) is 2.50. The first-order valence-corrected chi connectivity index (χ1v) is 8.29. The summed E-state index contributed by atoms with van der Waals surface area (Å²) in [6.45, 7) is 2.33. The van der Waals surface area contributed by atoms with Gasteiger partial charge in [0.2, 0.25) is 5.91 Å². The van der Waals surface area contributed by atoms with E-state index < -0.39 is 6.04 Å². The summed E-state index contributed by atoms with van der Waals surface area (Å²) in [4.78, 5) is 11.8. The number of ether oxygens (including phenoxy) is 2. The van der Waals surface area contributed by atoms with Crippen molar-refractivity contribution in [2.24, 2.45) is 5.73 Å². The maximum atomic E-state index is 11.8. The van der Waals surface area contributed by atoms with Crippen molar-refractivity contribution in [3.05, 3.63) is 24.3 Å². The highest BCUT2D eigenvalue weighted by Crippen LogP contribution is 2.17. The zero-order valence-corrected chi connectivity index (χ0v) is 14.8. The summed E-state index contributed by atoms with van der Waals surface area (Å²) < 4.78 is 10.8. The Kier molecular flexibility index (Phi) is 10.9. The third-order valence-corrected chi connectivity index (χ3v) is 3.57. The number of methoxy groups -OCH3 is 1. The molecule has 0 saturated heterocycles. The monoisotopic (exact) mass is 348 g/mol. The molecule has 0 aliphatic carbocycles. The van der Waals surface area contributed by atoms with Crippen LogP contribution in [0, 0.1) is 0 Å². The normalized spacial score (nSPS) is 12.7. The van der Waals surface area contributed by atoms with Crippen LogP contribution in [0.5, 0.6) is 11.5 Å². The van der Waals surface area contributed by atoms with Crippen molar-refractivity contribution in [3.8, 4) is 11.5 Å². The van der Waals surface area contributed by atoms with E-state index in [0.29, 0.717) is 13.0 Å². The first-order chi connectivity index (χ1) is 10.1. The molecule has 5 nitrogen and oxygen atoms in total. The van der Waals surface area contributed by atoms with Crippen molar-refractivity contribution in [1.29, 1.82) is 0 Å². The van der Waals surface area contributed by atoms with Gasteiger partial charge in [0.1, 0.15) is 17.6 Å². The van der Waals surface area contributed by atoms with Gasteiger partial charge in [-0.3, -0.25) is 4.79 Å². The lowest BCUT2D eigenvalue weighted by atomic mass is 10.2. The standard InChI is InChI=1S/C15H24N2O3S.ClH/c1-11(10-17-15(18)14(16)8-9-21-3)20-13-6-4-12(19-2)5-7-13;/h4-7,11,14H,8-10,16H2,1-3H3,(H,17,18);1H/t11?,14-;/m0./s1. The van der Waals surface area contributed by atoms with Gasteiger partial charge in [-0.15, -0.1) is 12.4 Å². The van der Waals surface area contributed by atoms with Crippen LogP contribution in [0.1, 0.15) is 13.3 Å². The third kappa shape index (κ3) is 7.77. The van der Waals surface area contributed by atoms with E-state index in [1.807, 2.05) is 37.4 Å². The molecule has 1 aromatic carbocycles. The number of hydrogen-bond donors (Lipinski definition) is 2. The van der Waals surface area contributed by atoms with Gasteiger partial charge < -0.3 is 20.5 Å². The van der Waals surface area contributed by atoms with E-state index in [9.17, 15) is 4.79 Å². The zero-order chi connectivity index (χ0) is 15.7. The Bertz CT molecular complexity index is 431. The summed E-state index contributed by atoms with van der Waals surface area (Å²) in [6, 6.07) is 6.88. The van der Waals surface area contributed by atoms with Gasteiger partial charge in [-0.1, -0.05) is 0 Å². The topological polar surface area (TPSA) is 73.6 Å². The lowest BCUT2D eigenvalue weighted by Crippen LogP contribution is -2.44. The highest BCUT2D eigenvalue weighted by Gasteiger charge is 2.14. The Labute approximate surface area is 142 Å². The number of amides is 1. The van der Waals surface area contributed by atoms with Crippen LogP contribution < -0.4 is 20.5 Å².